The Kier molecular flexibility index (Phi) is 5.76. The second kappa shape index (κ2) is 7.11. The smallest absolute Gasteiger partial charge is 0.265 e. The lowest BCUT2D eigenvalue weighted by Gasteiger charge is -2.03. The molecule has 0 aliphatic rings. The van der Waals surface area contributed by atoms with Gasteiger partial charge in [-0.05, 0) is 6.42 Å². The van der Waals surface area contributed by atoms with Gasteiger partial charge in [-0.1, -0.05) is 37.5 Å². The minimum Gasteiger partial charge on any atom is -0.382 e. The highest BCUT2D eigenvalue weighted by Gasteiger charge is 2.14. The molecule has 0 unspecified atom stereocenters. The molecule has 0 radical (unpaired) electrons. The molecule has 6 heteroatoms. The molecule has 1 heterocycles. The number of rotatable bonds is 7. The molecule has 0 saturated carbocycles. The minimum absolute atomic E-state index is 0.127. The molecule has 0 aliphatic carbocycles. The summed E-state index contributed by atoms with van der Waals surface area (Å²) in [7, 11) is 1.75. The van der Waals surface area contributed by atoms with E-state index in [1.165, 1.54) is 24.2 Å². The number of nitrogens with one attached hydrogen (secondary N) is 2. The van der Waals surface area contributed by atoms with Gasteiger partial charge in [0.05, 0.1) is 0 Å². The van der Waals surface area contributed by atoms with Crippen LogP contribution in [0.15, 0.2) is 0 Å². The fourth-order valence-corrected chi connectivity index (χ4v) is 2.19. The van der Waals surface area contributed by atoms with Crippen molar-refractivity contribution in [2.24, 2.45) is 0 Å². The summed E-state index contributed by atoms with van der Waals surface area (Å²) in [6.45, 7) is 2.86. The van der Waals surface area contributed by atoms with Crippen LogP contribution < -0.4 is 16.4 Å². The van der Waals surface area contributed by atoms with Gasteiger partial charge in [-0.3, -0.25) is 4.79 Å². The number of unbranched alkanes of at least 4 members (excludes halogenated alkanes) is 3. The number of hydrogen-bond acceptors (Lipinski definition) is 5. The van der Waals surface area contributed by atoms with Crippen molar-refractivity contribution in [3.05, 3.63) is 4.88 Å². The minimum atomic E-state index is -0.127. The lowest BCUT2D eigenvalue weighted by molar-refractivity contribution is 0.0957. The average molecular weight is 256 g/mol. The maximum atomic E-state index is 11.8. The highest BCUT2D eigenvalue weighted by molar-refractivity contribution is 7.18. The largest absolute Gasteiger partial charge is 0.382 e. The number of hydrogen-bond donors (Lipinski definition) is 3. The number of anilines is 2. The molecular weight excluding hydrogens is 236 g/mol. The molecule has 0 fully saturated rings. The molecule has 1 amide bonds. The van der Waals surface area contributed by atoms with Gasteiger partial charge in [0.1, 0.15) is 10.7 Å². The van der Waals surface area contributed by atoms with Crippen LogP contribution in [-0.4, -0.2) is 24.5 Å². The third-order valence-electron chi connectivity index (χ3n) is 2.39. The molecule has 0 saturated heterocycles. The van der Waals surface area contributed by atoms with Crippen LogP contribution in [0.4, 0.5) is 10.9 Å². The highest BCUT2D eigenvalue weighted by Crippen LogP contribution is 2.24. The monoisotopic (exact) mass is 256 g/mol. The second-order valence-corrected chi connectivity index (χ2v) is 4.80. The SMILES string of the molecule is CCCCCCNC(=O)c1sc(NC)nc1N. The third-order valence-corrected chi connectivity index (χ3v) is 3.48. The molecule has 0 bridgehead atoms. The van der Waals surface area contributed by atoms with E-state index in [2.05, 4.69) is 22.5 Å². The Bertz CT molecular complexity index is 364. The lowest BCUT2D eigenvalue weighted by atomic mass is 10.2. The standard InChI is InChI=1S/C11H20N4OS/c1-3-4-5-6-7-14-10(16)8-9(12)15-11(13-2)17-8/h3-7,12H2,1-2H3,(H,13,15)(H,14,16). The Hall–Kier alpha value is -1.30. The predicted octanol–water partition coefficient (Wildman–Crippen LogP) is 2.08. The van der Waals surface area contributed by atoms with Crippen LogP contribution in [0.25, 0.3) is 0 Å². The van der Waals surface area contributed by atoms with E-state index in [4.69, 9.17) is 5.73 Å². The predicted molar refractivity (Wildman–Crippen MR) is 72.5 cm³/mol. The van der Waals surface area contributed by atoms with Gasteiger partial charge in [0, 0.05) is 13.6 Å². The number of carbonyl (C=O) groups is 1. The third kappa shape index (κ3) is 4.22. The Morgan fingerprint density at radius 3 is 2.76 bits per heavy atom. The van der Waals surface area contributed by atoms with E-state index in [1.54, 1.807) is 7.05 Å². The van der Waals surface area contributed by atoms with Crippen LogP contribution in [0.1, 0.15) is 42.3 Å². The first kappa shape index (κ1) is 13.8. The summed E-state index contributed by atoms with van der Waals surface area (Å²) >= 11 is 1.28. The van der Waals surface area contributed by atoms with Crippen molar-refractivity contribution in [1.29, 1.82) is 0 Å². The molecule has 0 spiro atoms. The van der Waals surface area contributed by atoms with Gasteiger partial charge < -0.3 is 16.4 Å². The van der Waals surface area contributed by atoms with Gasteiger partial charge >= 0.3 is 0 Å². The first-order valence-electron chi connectivity index (χ1n) is 5.91. The second-order valence-electron chi connectivity index (χ2n) is 3.80. The van der Waals surface area contributed by atoms with Crippen molar-refractivity contribution in [2.45, 2.75) is 32.6 Å². The molecular formula is C11H20N4OS. The highest BCUT2D eigenvalue weighted by atomic mass is 32.1. The summed E-state index contributed by atoms with van der Waals surface area (Å²) in [5, 5.41) is 6.40. The molecule has 0 atom stereocenters. The number of amides is 1. The van der Waals surface area contributed by atoms with E-state index in [0.29, 0.717) is 22.4 Å². The normalized spacial score (nSPS) is 10.2. The molecule has 17 heavy (non-hydrogen) atoms. The van der Waals surface area contributed by atoms with Crippen molar-refractivity contribution < 1.29 is 4.79 Å². The van der Waals surface area contributed by atoms with Crippen LogP contribution in [-0.2, 0) is 0 Å². The molecule has 1 aromatic heterocycles. The van der Waals surface area contributed by atoms with E-state index in [1.807, 2.05) is 0 Å². The number of nitrogens with two attached hydrogens (primary N) is 1. The van der Waals surface area contributed by atoms with Crippen molar-refractivity contribution in [2.75, 3.05) is 24.6 Å². The van der Waals surface area contributed by atoms with Crippen molar-refractivity contribution in [1.82, 2.24) is 10.3 Å². The maximum absolute atomic E-state index is 11.8. The van der Waals surface area contributed by atoms with Crippen LogP contribution in [0.3, 0.4) is 0 Å². The molecule has 4 N–H and O–H groups in total. The summed E-state index contributed by atoms with van der Waals surface area (Å²) in [5.41, 5.74) is 5.67. The Balaban J connectivity index is 2.38. The average Bonchev–Trinajstić information content (AvgIpc) is 2.70. The summed E-state index contributed by atoms with van der Waals surface area (Å²) < 4.78 is 0. The first-order chi connectivity index (χ1) is 8.19. The van der Waals surface area contributed by atoms with E-state index in [-0.39, 0.29) is 5.91 Å². The van der Waals surface area contributed by atoms with Gasteiger partial charge in [-0.25, -0.2) is 4.98 Å². The van der Waals surface area contributed by atoms with E-state index >= 15 is 0 Å². The quantitative estimate of drug-likeness (QED) is 0.652. The van der Waals surface area contributed by atoms with E-state index in [9.17, 15) is 4.79 Å². The Morgan fingerprint density at radius 1 is 1.41 bits per heavy atom. The molecule has 0 aliphatic heterocycles. The Morgan fingerprint density at radius 2 is 2.18 bits per heavy atom. The molecule has 0 aromatic carbocycles. The molecule has 1 rings (SSSR count). The molecule has 5 nitrogen and oxygen atoms in total. The zero-order chi connectivity index (χ0) is 12.7. The van der Waals surface area contributed by atoms with Crippen LogP contribution in [0.5, 0.6) is 0 Å². The summed E-state index contributed by atoms with van der Waals surface area (Å²) in [5.74, 6) is 0.170. The van der Waals surface area contributed by atoms with Crippen molar-refractivity contribution >= 4 is 28.2 Å². The van der Waals surface area contributed by atoms with Crippen molar-refractivity contribution in [3.63, 3.8) is 0 Å². The number of aromatic nitrogens is 1. The van der Waals surface area contributed by atoms with Crippen molar-refractivity contribution in [3.8, 4) is 0 Å². The number of thiazole rings is 1. The van der Waals surface area contributed by atoms with E-state index < -0.39 is 0 Å². The van der Waals surface area contributed by atoms with Gasteiger partial charge in [0.15, 0.2) is 5.13 Å². The molecule has 1 aromatic rings. The lowest BCUT2D eigenvalue weighted by Crippen LogP contribution is -2.24. The van der Waals surface area contributed by atoms with Gasteiger partial charge in [-0.15, -0.1) is 0 Å². The number of nitrogens with zero attached hydrogens (tertiary/aromatic N) is 1. The summed E-state index contributed by atoms with van der Waals surface area (Å²) in [6, 6.07) is 0. The first-order valence-corrected chi connectivity index (χ1v) is 6.73. The number of carbonyl (C=O) groups excluding carboxylic acids is 1. The van der Waals surface area contributed by atoms with E-state index in [0.717, 1.165) is 12.8 Å². The van der Waals surface area contributed by atoms with Gasteiger partial charge in [0.2, 0.25) is 0 Å². The number of nitrogen functional groups attached to an aromatic ring is 1. The fourth-order valence-electron chi connectivity index (χ4n) is 1.44. The van der Waals surface area contributed by atoms with Crippen LogP contribution >= 0.6 is 11.3 Å². The summed E-state index contributed by atoms with van der Waals surface area (Å²) in [6.07, 6.45) is 4.57. The van der Waals surface area contributed by atoms with Crippen LogP contribution in [0.2, 0.25) is 0 Å². The zero-order valence-electron chi connectivity index (χ0n) is 10.4. The Labute approximate surface area is 106 Å². The summed E-state index contributed by atoms with van der Waals surface area (Å²) in [4.78, 5) is 16.3. The van der Waals surface area contributed by atoms with Gasteiger partial charge in [-0.2, -0.15) is 0 Å². The fraction of sp³-hybridized carbons (Fsp3) is 0.636. The van der Waals surface area contributed by atoms with Crippen LogP contribution in [0, 0.1) is 0 Å². The molecule has 96 valence electrons. The maximum Gasteiger partial charge on any atom is 0.265 e. The van der Waals surface area contributed by atoms with Gasteiger partial charge in [0.25, 0.3) is 5.91 Å². The zero-order valence-corrected chi connectivity index (χ0v) is 11.2. The topological polar surface area (TPSA) is 80.0 Å².